The van der Waals surface area contributed by atoms with Crippen molar-refractivity contribution in [1.82, 2.24) is 29.8 Å². The zero-order chi connectivity index (χ0) is 18.1. The number of hydrogen-bond acceptors (Lipinski definition) is 7. The van der Waals surface area contributed by atoms with Crippen LogP contribution in [0.3, 0.4) is 0 Å². The first-order valence-corrected chi connectivity index (χ1v) is 8.38. The Morgan fingerprint density at radius 1 is 1.15 bits per heavy atom. The maximum Gasteiger partial charge on any atom is 0.325 e. The lowest BCUT2D eigenvalue weighted by Crippen LogP contribution is -2.47. The highest BCUT2D eigenvalue weighted by Gasteiger charge is 2.14. The highest BCUT2D eigenvalue weighted by Crippen LogP contribution is 2.21. The predicted octanol–water partition coefficient (Wildman–Crippen LogP) is 0.248. The Bertz CT molecular complexity index is 1050. The summed E-state index contributed by atoms with van der Waals surface area (Å²) in [7, 11) is 2.11. The Hall–Kier alpha value is -3.04. The van der Waals surface area contributed by atoms with Gasteiger partial charge >= 0.3 is 5.69 Å². The number of hydrazine groups is 1. The lowest BCUT2D eigenvalue weighted by atomic mass is 10.1. The minimum Gasteiger partial charge on any atom is -0.313 e. The minimum atomic E-state index is -0.525. The third kappa shape index (κ3) is 3.35. The van der Waals surface area contributed by atoms with E-state index in [1.165, 1.54) is 6.20 Å². The Morgan fingerprint density at radius 3 is 2.73 bits per heavy atom. The van der Waals surface area contributed by atoms with E-state index in [0.717, 1.165) is 37.1 Å². The third-order valence-corrected chi connectivity index (χ3v) is 4.47. The van der Waals surface area contributed by atoms with Crippen LogP contribution in [0.2, 0.25) is 0 Å². The number of likely N-dealkylation sites (N-methyl/N-ethyl adjacent to an activating group) is 1. The van der Waals surface area contributed by atoms with E-state index >= 15 is 0 Å². The van der Waals surface area contributed by atoms with Crippen molar-refractivity contribution in [2.45, 2.75) is 0 Å². The lowest BCUT2D eigenvalue weighted by Gasteiger charge is -2.32. The van der Waals surface area contributed by atoms with Gasteiger partial charge in [-0.25, -0.2) is 19.8 Å². The summed E-state index contributed by atoms with van der Waals surface area (Å²) in [5.41, 5.74) is 4.16. The standard InChI is InChI=1S/C17H19N7O2/c1-23-4-6-24(7-5-23)22-16-18-9-12-8-11(2-3-14(12)20-16)13-10-19-17(26)21-15(13)25/h2-3,8-10H,4-7H2,1H3,(H,18,20,22)(H2,19,21,25,26). The van der Waals surface area contributed by atoms with E-state index in [1.54, 1.807) is 12.3 Å². The van der Waals surface area contributed by atoms with Crippen LogP contribution in [0.5, 0.6) is 0 Å². The van der Waals surface area contributed by atoms with Crippen LogP contribution in [0.4, 0.5) is 5.95 Å². The van der Waals surface area contributed by atoms with E-state index in [9.17, 15) is 9.59 Å². The highest BCUT2D eigenvalue weighted by atomic mass is 16.2. The SMILES string of the molecule is CN1CCN(Nc2ncc3cc(-c4c[nH]c(=O)[nH]c4=O)ccc3n2)CC1. The number of benzene rings is 1. The number of nitrogens with one attached hydrogen (secondary N) is 3. The topological polar surface area (TPSA) is 110 Å². The number of hydrogen-bond donors (Lipinski definition) is 3. The van der Waals surface area contributed by atoms with Crippen molar-refractivity contribution < 1.29 is 0 Å². The lowest BCUT2D eigenvalue weighted by molar-refractivity contribution is 0.178. The van der Waals surface area contributed by atoms with Crippen molar-refractivity contribution in [3.05, 3.63) is 51.4 Å². The summed E-state index contributed by atoms with van der Waals surface area (Å²) in [6.07, 6.45) is 3.14. The molecular formula is C17H19N7O2. The normalized spacial score (nSPS) is 16.0. The molecule has 3 heterocycles. The third-order valence-electron chi connectivity index (χ3n) is 4.47. The Morgan fingerprint density at radius 2 is 1.96 bits per heavy atom. The van der Waals surface area contributed by atoms with Gasteiger partial charge in [0.05, 0.1) is 11.1 Å². The van der Waals surface area contributed by atoms with E-state index in [-0.39, 0.29) is 0 Å². The van der Waals surface area contributed by atoms with Gasteiger partial charge in [-0.1, -0.05) is 6.07 Å². The summed E-state index contributed by atoms with van der Waals surface area (Å²) < 4.78 is 0. The number of rotatable bonds is 3. The number of aromatic nitrogens is 4. The second-order valence-electron chi connectivity index (χ2n) is 6.35. The van der Waals surface area contributed by atoms with Gasteiger partial charge < -0.3 is 9.88 Å². The van der Waals surface area contributed by atoms with Crippen molar-refractivity contribution in [2.24, 2.45) is 0 Å². The summed E-state index contributed by atoms with van der Waals surface area (Å²) in [5.74, 6) is 0.552. The van der Waals surface area contributed by atoms with E-state index in [4.69, 9.17) is 0 Å². The van der Waals surface area contributed by atoms with Gasteiger partial charge in [-0.15, -0.1) is 0 Å². The molecule has 9 heteroatoms. The molecule has 0 amide bonds. The van der Waals surface area contributed by atoms with Gasteiger partial charge in [0, 0.05) is 44.0 Å². The molecule has 3 N–H and O–H groups in total. The van der Waals surface area contributed by atoms with Crippen LogP contribution in [0.15, 0.2) is 40.2 Å². The highest BCUT2D eigenvalue weighted by molar-refractivity contribution is 5.84. The van der Waals surface area contributed by atoms with Crippen molar-refractivity contribution in [3.8, 4) is 11.1 Å². The molecule has 0 spiro atoms. The van der Waals surface area contributed by atoms with Gasteiger partial charge in [-0.2, -0.15) is 0 Å². The molecule has 1 aliphatic rings. The van der Waals surface area contributed by atoms with Gasteiger partial charge in [0.25, 0.3) is 5.56 Å². The van der Waals surface area contributed by atoms with Crippen molar-refractivity contribution in [3.63, 3.8) is 0 Å². The molecule has 2 aromatic heterocycles. The molecule has 3 aromatic rings. The zero-order valence-corrected chi connectivity index (χ0v) is 14.3. The molecule has 0 radical (unpaired) electrons. The van der Waals surface area contributed by atoms with Crippen LogP contribution >= 0.6 is 0 Å². The first-order chi connectivity index (χ1) is 12.6. The molecule has 26 heavy (non-hydrogen) atoms. The fourth-order valence-electron chi connectivity index (χ4n) is 2.94. The molecule has 1 saturated heterocycles. The first-order valence-electron chi connectivity index (χ1n) is 8.38. The molecule has 9 nitrogen and oxygen atoms in total. The largest absolute Gasteiger partial charge is 0.325 e. The van der Waals surface area contributed by atoms with E-state index < -0.39 is 11.2 Å². The molecule has 1 fully saturated rings. The van der Waals surface area contributed by atoms with E-state index in [1.807, 2.05) is 12.1 Å². The fraction of sp³-hybridized carbons (Fsp3) is 0.294. The van der Waals surface area contributed by atoms with E-state index in [0.29, 0.717) is 17.1 Å². The maximum atomic E-state index is 11.9. The average Bonchev–Trinajstić information content (AvgIpc) is 2.63. The molecule has 0 aliphatic carbocycles. The quantitative estimate of drug-likeness (QED) is 0.619. The molecule has 134 valence electrons. The average molecular weight is 353 g/mol. The van der Waals surface area contributed by atoms with Gasteiger partial charge in [0.15, 0.2) is 0 Å². The smallest absolute Gasteiger partial charge is 0.313 e. The second kappa shape index (κ2) is 6.70. The monoisotopic (exact) mass is 353 g/mol. The summed E-state index contributed by atoms with van der Waals surface area (Å²) in [6.45, 7) is 3.81. The van der Waals surface area contributed by atoms with Crippen molar-refractivity contribution in [2.75, 3.05) is 38.7 Å². The van der Waals surface area contributed by atoms with Gasteiger partial charge in [0.2, 0.25) is 5.95 Å². The Kier molecular flexibility index (Phi) is 4.23. The van der Waals surface area contributed by atoms with Crippen LogP contribution in [0.1, 0.15) is 0 Å². The van der Waals surface area contributed by atoms with Crippen LogP contribution in [0.25, 0.3) is 22.0 Å². The summed E-state index contributed by atoms with van der Waals surface area (Å²) in [4.78, 5) is 39.0. The number of piperazine rings is 1. The van der Waals surface area contributed by atoms with Gasteiger partial charge in [0.1, 0.15) is 0 Å². The molecule has 1 aliphatic heterocycles. The van der Waals surface area contributed by atoms with Crippen LogP contribution in [-0.2, 0) is 0 Å². The molecule has 0 bridgehead atoms. The number of aromatic amines is 2. The molecule has 0 saturated carbocycles. The number of H-pyrrole nitrogens is 2. The molecular weight excluding hydrogens is 334 g/mol. The molecule has 0 atom stereocenters. The molecule has 4 rings (SSSR count). The van der Waals surface area contributed by atoms with Crippen molar-refractivity contribution in [1.29, 1.82) is 0 Å². The van der Waals surface area contributed by atoms with Crippen LogP contribution in [0, 0.1) is 0 Å². The maximum absolute atomic E-state index is 11.9. The molecule has 0 unspecified atom stereocenters. The Labute approximate surface area is 148 Å². The summed E-state index contributed by atoms with van der Waals surface area (Å²) in [6, 6.07) is 5.47. The Balaban J connectivity index is 1.60. The van der Waals surface area contributed by atoms with E-state index in [2.05, 4.69) is 42.3 Å². The zero-order valence-electron chi connectivity index (χ0n) is 14.3. The van der Waals surface area contributed by atoms with Crippen LogP contribution < -0.4 is 16.7 Å². The van der Waals surface area contributed by atoms with Crippen LogP contribution in [-0.4, -0.2) is 63.1 Å². The number of fused-ring (bicyclic) bond motifs is 1. The fourth-order valence-corrected chi connectivity index (χ4v) is 2.94. The second-order valence-corrected chi connectivity index (χ2v) is 6.35. The van der Waals surface area contributed by atoms with Crippen molar-refractivity contribution >= 4 is 16.9 Å². The summed E-state index contributed by atoms with van der Waals surface area (Å²) in [5, 5.41) is 2.92. The molecule has 1 aromatic carbocycles. The first kappa shape index (κ1) is 16.4. The summed E-state index contributed by atoms with van der Waals surface area (Å²) >= 11 is 0. The van der Waals surface area contributed by atoms with Gasteiger partial charge in [-0.3, -0.25) is 15.2 Å². The number of anilines is 1. The predicted molar refractivity (Wildman–Crippen MR) is 98.9 cm³/mol. The van der Waals surface area contributed by atoms with Gasteiger partial charge in [-0.05, 0) is 24.7 Å². The number of nitrogens with zero attached hydrogens (tertiary/aromatic N) is 4. The minimum absolute atomic E-state index is 0.395.